The monoisotopic (exact) mass is 602 g/mol. The number of benzene rings is 3. The molecule has 0 unspecified atom stereocenters. The zero-order valence-corrected chi connectivity index (χ0v) is 24.3. The van der Waals surface area contributed by atoms with Gasteiger partial charge >= 0.3 is 18.0 Å². The van der Waals surface area contributed by atoms with Crippen molar-refractivity contribution in [3.8, 4) is 23.0 Å². The van der Waals surface area contributed by atoms with Crippen LogP contribution < -0.4 is 35.0 Å². The Kier molecular flexibility index (Phi) is 10.1. The molecular weight excluding hydrogens is 572 g/mol. The Morgan fingerprint density at radius 2 is 1.59 bits per heavy atom. The number of nitrogens with one attached hydrogen (secondary N) is 3. The fourth-order valence-electron chi connectivity index (χ4n) is 4.18. The van der Waals surface area contributed by atoms with Crippen LogP contribution in [0.25, 0.3) is 0 Å². The number of urea groups is 1. The lowest BCUT2D eigenvalue weighted by Crippen LogP contribution is -2.45. The van der Waals surface area contributed by atoms with Crippen molar-refractivity contribution in [1.82, 2.24) is 16.1 Å². The fraction of sp³-hybridized carbons (Fsp3) is 0.194. The molecule has 0 saturated heterocycles. The number of amides is 3. The molecule has 0 saturated carbocycles. The summed E-state index contributed by atoms with van der Waals surface area (Å²) in [7, 11) is 4.22. The maximum atomic E-state index is 12.4. The van der Waals surface area contributed by atoms with Crippen LogP contribution in [-0.4, -0.2) is 58.0 Å². The summed E-state index contributed by atoms with van der Waals surface area (Å²) < 4.78 is 26.3. The molecule has 3 N–H and O–H groups in total. The molecule has 0 spiro atoms. The van der Waals surface area contributed by atoms with Crippen LogP contribution in [0.5, 0.6) is 23.0 Å². The van der Waals surface area contributed by atoms with Gasteiger partial charge in [-0.25, -0.2) is 19.8 Å². The Morgan fingerprint density at radius 3 is 2.25 bits per heavy atom. The molecule has 1 aliphatic heterocycles. The van der Waals surface area contributed by atoms with Gasteiger partial charge in [0.2, 0.25) is 0 Å². The first kappa shape index (κ1) is 31.1. The molecule has 3 aromatic carbocycles. The minimum Gasteiger partial charge on any atom is -0.497 e. The summed E-state index contributed by atoms with van der Waals surface area (Å²) in [6.45, 7) is 1.23. The molecule has 44 heavy (non-hydrogen) atoms. The highest BCUT2D eigenvalue weighted by molar-refractivity contribution is 5.95. The molecule has 1 atom stereocenters. The normalized spacial score (nSPS) is 14.3. The minimum absolute atomic E-state index is 0.240. The van der Waals surface area contributed by atoms with Crippen molar-refractivity contribution < 1.29 is 42.9 Å². The number of rotatable bonds is 11. The number of ether oxygens (including phenoxy) is 5. The lowest BCUT2D eigenvalue weighted by atomic mass is 9.95. The van der Waals surface area contributed by atoms with Crippen LogP contribution in [0.3, 0.4) is 0 Å². The van der Waals surface area contributed by atoms with Gasteiger partial charge in [0.15, 0.2) is 18.1 Å². The number of hydrazone groups is 1. The third-order valence-electron chi connectivity index (χ3n) is 6.37. The molecular formula is C31H30N4O9. The molecule has 0 radical (unpaired) electrons. The van der Waals surface area contributed by atoms with Gasteiger partial charge in [-0.15, -0.1) is 0 Å². The van der Waals surface area contributed by atoms with Gasteiger partial charge in [0.25, 0.3) is 5.91 Å². The predicted molar refractivity (Wildman–Crippen MR) is 158 cm³/mol. The van der Waals surface area contributed by atoms with Crippen LogP contribution in [0, 0.1) is 0 Å². The molecule has 0 aliphatic carbocycles. The number of hydrogen-bond donors (Lipinski definition) is 3. The van der Waals surface area contributed by atoms with E-state index in [4.69, 9.17) is 23.7 Å². The first-order chi connectivity index (χ1) is 21.2. The van der Waals surface area contributed by atoms with Crippen molar-refractivity contribution in [3.63, 3.8) is 0 Å². The maximum Gasteiger partial charge on any atom is 0.343 e. The van der Waals surface area contributed by atoms with Gasteiger partial charge in [0.1, 0.15) is 11.5 Å². The molecule has 13 nitrogen and oxygen atoms in total. The number of carbonyl (C=O) groups excluding carboxylic acids is 4. The van der Waals surface area contributed by atoms with E-state index in [9.17, 15) is 19.2 Å². The van der Waals surface area contributed by atoms with Gasteiger partial charge < -0.3 is 34.3 Å². The highest BCUT2D eigenvalue weighted by atomic mass is 16.5. The Balaban J connectivity index is 1.31. The predicted octanol–water partition coefficient (Wildman–Crippen LogP) is 3.25. The third kappa shape index (κ3) is 7.70. The van der Waals surface area contributed by atoms with Gasteiger partial charge in [-0.3, -0.25) is 4.79 Å². The van der Waals surface area contributed by atoms with Crippen LogP contribution in [0.4, 0.5) is 4.79 Å². The number of hydrogen-bond acceptors (Lipinski definition) is 10. The molecule has 4 rings (SSSR count). The van der Waals surface area contributed by atoms with E-state index < -0.39 is 29.9 Å². The first-order valence-electron chi connectivity index (χ1n) is 13.2. The molecule has 0 bridgehead atoms. The quantitative estimate of drug-likeness (QED) is 0.129. The van der Waals surface area contributed by atoms with E-state index in [1.54, 1.807) is 80.8 Å². The zero-order chi connectivity index (χ0) is 31.6. The molecule has 228 valence electrons. The highest BCUT2D eigenvalue weighted by Crippen LogP contribution is 2.34. The average molecular weight is 603 g/mol. The summed E-state index contributed by atoms with van der Waals surface area (Å²) >= 11 is 0. The van der Waals surface area contributed by atoms with E-state index in [2.05, 4.69) is 21.2 Å². The molecule has 3 aromatic rings. The highest BCUT2D eigenvalue weighted by Gasteiger charge is 2.32. The first-order valence-corrected chi connectivity index (χ1v) is 13.2. The van der Waals surface area contributed by atoms with Crippen LogP contribution in [0.15, 0.2) is 83.1 Å². The summed E-state index contributed by atoms with van der Waals surface area (Å²) in [4.78, 5) is 49.1. The zero-order valence-electron chi connectivity index (χ0n) is 24.3. The second kappa shape index (κ2) is 14.4. The molecule has 1 aliphatic rings. The van der Waals surface area contributed by atoms with Gasteiger partial charge in [-0.1, -0.05) is 6.07 Å². The lowest BCUT2D eigenvalue weighted by Gasteiger charge is -2.28. The van der Waals surface area contributed by atoms with E-state index in [1.807, 2.05) is 0 Å². The van der Waals surface area contributed by atoms with Crippen LogP contribution in [-0.2, 0) is 14.3 Å². The van der Waals surface area contributed by atoms with Crippen molar-refractivity contribution in [2.24, 2.45) is 5.10 Å². The molecule has 13 heteroatoms. The summed E-state index contributed by atoms with van der Waals surface area (Å²) in [6, 6.07) is 16.6. The molecule has 0 aromatic heterocycles. The van der Waals surface area contributed by atoms with E-state index in [1.165, 1.54) is 20.4 Å². The van der Waals surface area contributed by atoms with Gasteiger partial charge in [0.05, 0.1) is 44.7 Å². The van der Waals surface area contributed by atoms with Gasteiger partial charge in [-0.2, -0.15) is 5.10 Å². The van der Waals surface area contributed by atoms with E-state index >= 15 is 0 Å². The largest absolute Gasteiger partial charge is 0.497 e. The van der Waals surface area contributed by atoms with Crippen molar-refractivity contribution in [2.75, 3.05) is 27.9 Å². The van der Waals surface area contributed by atoms with E-state index in [0.29, 0.717) is 33.9 Å². The Hall–Kier alpha value is -5.85. The van der Waals surface area contributed by atoms with Crippen LogP contribution in [0.2, 0.25) is 0 Å². The second-order valence-electron chi connectivity index (χ2n) is 9.24. The summed E-state index contributed by atoms with van der Waals surface area (Å²) in [5.74, 6) is -0.126. The van der Waals surface area contributed by atoms with Crippen molar-refractivity contribution in [2.45, 2.75) is 13.0 Å². The topological polar surface area (TPSA) is 163 Å². The number of methoxy groups -OCH3 is 3. The molecule has 1 heterocycles. The Labute approximate surface area is 252 Å². The van der Waals surface area contributed by atoms with Gasteiger partial charge in [0, 0.05) is 5.70 Å². The molecule has 3 amide bonds. The minimum atomic E-state index is -0.786. The van der Waals surface area contributed by atoms with Crippen LogP contribution in [0.1, 0.15) is 34.5 Å². The smallest absolute Gasteiger partial charge is 0.343 e. The summed E-state index contributed by atoms with van der Waals surface area (Å²) in [5, 5.41) is 9.18. The van der Waals surface area contributed by atoms with E-state index in [-0.39, 0.29) is 23.7 Å². The number of allylic oxidation sites excluding steroid dienone is 1. The third-order valence-corrected chi connectivity index (χ3v) is 6.37. The number of carbonyl (C=O) groups is 4. The summed E-state index contributed by atoms with van der Waals surface area (Å²) in [6.07, 6.45) is 1.42. The lowest BCUT2D eigenvalue weighted by molar-refractivity contribution is -0.136. The standard InChI is InChI=1S/C31H30N4O9/c1-18-27(30(38)42-4)28(34-31(39)33-18)21-9-14-24(25(15-21)41-3)43-17-26(36)35-32-16-19-5-10-23(11-6-19)44-29(37)20-7-12-22(40-2)13-8-20/h5-16,28H,17H2,1-4H3,(H,35,36)(H2,33,34,39)/b32-16-/t28-/m0/s1. The Morgan fingerprint density at radius 1 is 0.886 bits per heavy atom. The SMILES string of the molecule is COC(=O)C1=C(C)NC(=O)N[C@H]1c1ccc(OCC(=O)N/N=C\c2ccc(OC(=O)c3ccc(OC)cc3)cc2)c(OC)c1. The van der Waals surface area contributed by atoms with Crippen molar-refractivity contribution >= 4 is 30.1 Å². The van der Waals surface area contributed by atoms with Crippen LogP contribution >= 0.6 is 0 Å². The number of nitrogens with zero attached hydrogens (tertiary/aromatic N) is 1. The second-order valence-corrected chi connectivity index (χ2v) is 9.24. The van der Waals surface area contributed by atoms with Crippen molar-refractivity contribution in [3.05, 3.63) is 94.7 Å². The fourth-order valence-corrected chi connectivity index (χ4v) is 4.18. The number of esters is 2. The molecule has 0 fully saturated rings. The summed E-state index contributed by atoms with van der Waals surface area (Å²) in [5.41, 5.74) is 4.55. The van der Waals surface area contributed by atoms with Crippen molar-refractivity contribution in [1.29, 1.82) is 0 Å². The van der Waals surface area contributed by atoms with Gasteiger partial charge in [-0.05, 0) is 78.7 Å². The Bertz CT molecular complexity index is 1600. The average Bonchev–Trinajstić information content (AvgIpc) is 3.03. The maximum absolute atomic E-state index is 12.4. The van der Waals surface area contributed by atoms with E-state index in [0.717, 1.165) is 0 Å².